The highest BCUT2D eigenvalue weighted by Gasteiger charge is 2.51. The van der Waals surface area contributed by atoms with Crippen molar-refractivity contribution >= 4 is 28.8 Å². The van der Waals surface area contributed by atoms with Gasteiger partial charge in [-0.15, -0.1) is 0 Å². The van der Waals surface area contributed by atoms with Gasteiger partial charge in [0.25, 0.3) is 0 Å². The van der Waals surface area contributed by atoms with Crippen molar-refractivity contribution in [3.63, 3.8) is 0 Å². The smallest absolute Gasteiger partial charge is 0.184 e. The second-order valence-corrected chi connectivity index (χ2v) is 8.43. The van der Waals surface area contributed by atoms with Crippen LogP contribution in [-0.4, -0.2) is 50.1 Å². The molecule has 7 heteroatoms. The first-order valence-electron chi connectivity index (χ1n) is 10.8. The summed E-state index contributed by atoms with van der Waals surface area (Å²) in [6.07, 6.45) is 3.16. The van der Waals surface area contributed by atoms with Gasteiger partial charge in [-0.2, -0.15) is 0 Å². The zero-order chi connectivity index (χ0) is 23.6. The summed E-state index contributed by atoms with van der Waals surface area (Å²) in [4.78, 5) is 56.7. The van der Waals surface area contributed by atoms with E-state index in [2.05, 4.69) is 4.99 Å². The van der Waals surface area contributed by atoms with E-state index in [1.165, 1.54) is 20.3 Å². The van der Waals surface area contributed by atoms with E-state index in [-0.39, 0.29) is 29.0 Å². The topological polar surface area (TPSA) is 99.1 Å². The quantitative estimate of drug-likeness (QED) is 0.267. The number of rotatable bonds is 8. The lowest BCUT2D eigenvalue weighted by molar-refractivity contribution is -0.144. The van der Waals surface area contributed by atoms with E-state index in [0.29, 0.717) is 42.0 Å². The molecule has 1 aromatic carbocycles. The standard InChI is InChI=1S/C25H29NO6/c1-13(26-3)10-18(25(30)21-23(28)16-6-7-17(11-16)24(21)29)22(27)14(2)15-8-9-19(31-4)20(12-15)32-5/h8-10,12,14,16-17,21H,6-7,11H2,1-5H3/b18-10+,26-13?. The Morgan fingerprint density at radius 2 is 1.66 bits per heavy atom. The molecular formula is C25H29NO6. The molecule has 2 aliphatic rings. The predicted octanol–water partition coefficient (Wildman–Crippen LogP) is 3.15. The average molecular weight is 440 g/mol. The maximum absolute atomic E-state index is 13.5. The number of aliphatic imine (C=N–C) groups is 1. The molecule has 2 aliphatic carbocycles. The molecule has 170 valence electrons. The number of nitrogens with zero attached hydrogens (tertiary/aromatic N) is 1. The first kappa shape index (κ1) is 23.6. The van der Waals surface area contributed by atoms with Crippen molar-refractivity contribution in [3.05, 3.63) is 35.4 Å². The van der Waals surface area contributed by atoms with Crippen LogP contribution in [0.5, 0.6) is 11.5 Å². The lowest BCUT2D eigenvalue weighted by atomic mass is 9.74. The van der Waals surface area contributed by atoms with Gasteiger partial charge in [-0.3, -0.25) is 24.2 Å². The number of allylic oxidation sites excluding steroid dienone is 2. The maximum Gasteiger partial charge on any atom is 0.184 e. The van der Waals surface area contributed by atoms with Crippen molar-refractivity contribution in [1.29, 1.82) is 0 Å². The Hall–Kier alpha value is -3.09. The minimum Gasteiger partial charge on any atom is -0.493 e. The molecule has 3 unspecified atom stereocenters. The summed E-state index contributed by atoms with van der Waals surface area (Å²) in [5.41, 5.74) is 0.919. The fourth-order valence-electron chi connectivity index (χ4n) is 4.57. The Balaban J connectivity index is 1.98. The van der Waals surface area contributed by atoms with Crippen LogP contribution >= 0.6 is 0 Å². The molecule has 0 radical (unpaired) electrons. The van der Waals surface area contributed by atoms with Crippen LogP contribution in [0.15, 0.2) is 34.8 Å². The molecule has 0 amide bonds. The lowest BCUT2D eigenvalue weighted by Gasteiger charge is -2.25. The Morgan fingerprint density at radius 1 is 1.06 bits per heavy atom. The molecule has 32 heavy (non-hydrogen) atoms. The van der Waals surface area contributed by atoms with E-state index in [4.69, 9.17) is 9.47 Å². The van der Waals surface area contributed by atoms with Gasteiger partial charge in [-0.1, -0.05) is 13.0 Å². The first-order valence-corrected chi connectivity index (χ1v) is 10.8. The molecule has 2 fully saturated rings. The lowest BCUT2D eigenvalue weighted by Crippen LogP contribution is -2.43. The van der Waals surface area contributed by atoms with E-state index < -0.39 is 23.4 Å². The number of carbonyl (C=O) groups excluding carboxylic acids is 4. The highest BCUT2D eigenvalue weighted by molar-refractivity contribution is 6.35. The molecule has 7 nitrogen and oxygen atoms in total. The first-order chi connectivity index (χ1) is 15.2. The minimum absolute atomic E-state index is 0.164. The molecule has 1 aromatic rings. The van der Waals surface area contributed by atoms with Crippen LogP contribution in [0.25, 0.3) is 0 Å². The van der Waals surface area contributed by atoms with Gasteiger partial charge in [0, 0.05) is 30.5 Å². The van der Waals surface area contributed by atoms with Crippen molar-refractivity contribution < 1.29 is 28.7 Å². The van der Waals surface area contributed by atoms with Crippen LogP contribution in [0.4, 0.5) is 0 Å². The average Bonchev–Trinajstić information content (AvgIpc) is 3.26. The number of hydrogen-bond donors (Lipinski definition) is 0. The second-order valence-electron chi connectivity index (χ2n) is 8.43. The highest BCUT2D eigenvalue weighted by Crippen LogP contribution is 2.41. The minimum atomic E-state index is -1.39. The van der Waals surface area contributed by atoms with E-state index in [1.807, 2.05) is 0 Å². The Morgan fingerprint density at radius 3 is 2.19 bits per heavy atom. The van der Waals surface area contributed by atoms with Gasteiger partial charge in [0.2, 0.25) is 0 Å². The Kier molecular flexibility index (Phi) is 7.06. The van der Waals surface area contributed by atoms with Crippen LogP contribution in [0.1, 0.15) is 44.6 Å². The molecule has 0 saturated heterocycles. The Labute approximate surface area is 187 Å². The third-order valence-electron chi connectivity index (χ3n) is 6.61. The largest absolute Gasteiger partial charge is 0.493 e. The summed E-state index contributed by atoms with van der Waals surface area (Å²) >= 11 is 0. The van der Waals surface area contributed by atoms with E-state index in [0.717, 1.165) is 0 Å². The third-order valence-corrected chi connectivity index (χ3v) is 6.61. The van der Waals surface area contributed by atoms with Crippen molar-refractivity contribution in [1.82, 2.24) is 0 Å². The second kappa shape index (κ2) is 9.59. The van der Waals surface area contributed by atoms with Crippen molar-refractivity contribution in [2.24, 2.45) is 22.7 Å². The SMILES string of the molecule is CN=C(C)/C=C(/C(=O)C1C(=O)C2CCC(C2)C1=O)C(=O)C(C)c1ccc(OC)c(OC)c1. The molecule has 3 atom stereocenters. The molecule has 0 N–H and O–H groups in total. The number of carbonyl (C=O) groups is 4. The maximum atomic E-state index is 13.5. The highest BCUT2D eigenvalue weighted by atomic mass is 16.5. The summed E-state index contributed by atoms with van der Waals surface area (Å²) in [5, 5.41) is 0. The number of ketones is 4. The molecule has 0 spiro atoms. The summed E-state index contributed by atoms with van der Waals surface area (Å²) in [6, 6.07) is 5.10. The van der Waals surface area contributed by atoms with E-state index in [1.54, 1.807) is 39.1 Å². The number of benzene rings is 1. The molecule has 3 rings (SSSR count). The zero-order valence-electron chi connectivity index (χ0n) is 19.1. The zero-order valence-corrected chi connectivity index (χ0v) is 19.1. The van der Waals surface area contributed by atoms with Gasteiger partial charge in [0.1, 0.15) is 5.92 Å². The Bertz CT molecular complexity index is 999. The molecule has 0 heterocycles. The number of Topliss-reactive ketones (excluding diaryl/α,β-unsaturated/α-hetero) is 4. The summed E-state index contributed by atoms with van der Waals surface area (Å²) < 4.78 is 10.6. The molecule has 0 aromatic heterocycles. The van der Waals surface area contributed by atoms with Gasteiger partial charge in [0.15, 0.2) is 34.6 Å². The molecule has 2 saturated carbocycles. The van der Waals surface area contributed by atoms with Crippen molar-refractivity contribution in [2.45, 2.75) is 39.0 Å². The van der Waals surface area contributed by atoms with Gasteiger partial charge >= 0.3 is 0 Å². The van der Waals surface area contributed by atoms with Gasteiger partial charge in [-0.25, -0.2) is 0 Å². The number of ether oxygens (including phenoxy) is 2. The summed E-state index contributed by atoms with van der Waals surface area (Å²) in [6.45, 7) is 3.34. The van der Waals surface area contributed by atoms with Crippen molar-refractivity contribution in [2.75, 3.05) is 21.3 Å². The van der Waals surface area contributed by atoms with E-state index in [9.17, 15) is 19.2 Å². The van der Waals surface area contributed by atoms with E-state index >= 15 is 0 Å². The third kappa shape index (κ3) is 4.29. The fourth-order valence-corrected chi connectivity index (χ4v) is 4.57. The van der Waals surface area contributed by atoms with Crippen molar-refractivity contribution in [3.8, 4) is 11.5 Å². The van der Waals surface area contributed by atoms with Crippen LogP contribution in [-0.2, 0) is 19.2 Å². The van der Waals surface area contributed by atoms with Gasteiger partial charge in [-0.05, 0) is 50.0 Å². The number of methoxy groups -OCH3 is 2. The predicted molar refractivity (Wildman–Crippen MR) is 119 cm³/mol. The molecular weight excluding hydrogens is 410 g/mol. The van der Waals surface area contributed by atoms with Crippen LogP contribution in [0.2, 0.25) is 0 Å². The van der Waals surface area contributed by atoms with Gasteiger partial charge in [0.05, 0.1) is 19.8 Å². The van der Waals surface area contributed by atoms with Gasteiger partial charge < -0.3 is 9.47 Å². The molecule has 2 bridgehead atoms. The number of fused-ring (bicyclic) bond motifs is 2. The summed E-state index contributed by atoms with van der Waals surface area (Å²) in [5.74, 6) is -3.54. The molecule has 0 aliphatic heterocycles. The normalized spacial score (nSPS) is 24.3. The summed E-state index contributed by atoms with van der Waals surface area (Å²) in [7, 11) is 4.57. The van der Waals surface area contributed by atoms with Crippen LogP contribution < -0.4 is 9.47 Å². The van der Waals surface area contributed by atoms with Crippen LogP contribution in [0, 0.1) is 17.8 Å². The van der Waals surface area contributed by atoms with Crippen LogP contribution in [0.3, 0.4) is 0 Å². The monoisotopic (exact) mass is 439 g/mol. The fraction of sp³-hybridized carbons (Fsp3) is 0.480. The number of hydrogen-bond acceptors (Lipinski definition) is 7.